The molecule has 0 saturated heterocycles. The van der Waals surface area contributed by atoms with Crippen molar-refractivity contribution in [3.05, 3.63) is 70.7 Å². The first-order chi connectivity index (χ1) is 18.6. The van der Waals surface area contributed by atoms with E-state index in [-0.39, 0.29) is 11.1 Å². The van der Waals surface area contributed by atoms with Crippen LogP contribution in [0, 0.1) is 0 Å². The van der Waals surface area contributed by atoms with Crippen LogP contribution in [-0.4, -0.2) is 83.0 Å². The van der Waals surface area contributed by atoms with Crippen molar-refractivity contribution in [2.24, 2.45) is 0 Å². The van der Waals surface area contributed by atoms with Crippen LogP contribution in [0.4, 0.5) is 4.79 Å². The minimum absolute atomic E-state index is 0.0532. The fourth-order valence-electron chi connectivity index (χ4n) is 3.00. The molecule has 0 bridgehead atoms. The van der Waals surface area contributed by atoms with Gasteiger partial charge in [0, 0.05) is 42.7 Å². The van der Waals surface area contributed by atoms with Gasteiger partial charge in [-0.05, 0) is 57.2 Å². The second-order valence-corrected chi connectivity index (χ2v) is 10.1. The van der Waals surface area contributed by atoms with Crippen LogP contribution in [-0.2, 0) is 23.9 Å². The molecule has 2 rings (SSSR count). The van der Waals surface area contributed by atoms with Gasteiger partial charge in [0.05, 0.1) is 0 Å². The van der Waals surface area contributed by atoms with E-state index >= 15 is 0 Å². The van der Waals surface area contributed by atoms with Crippen LogP contribution >= 0.6 is 11.6 Å². The van der Waals surface area contributed by atoms with Gasteiger partial charge in [0.25, 0.3) is 11.8 Å². The maximum absolute atomic E-state index is 13.3. The van der Waals surface area contributed by atoms with Crippen LogP contribution in [0.1, 0.15) is 48.4 Å². The van der Waals surface area contributed by atoms with E-state index in [0.29, 0.717) is 14.9 Å². The van der Waals surface area contributed by atoms with E-state index in [1.807, 2.05) is 0 Å². The summed E-state index contributed by atoms with van der Waals surface area (Å²) in [6.07, 6.45) is -3.68. The van der Waals surface area contributed by atoms with Gasteiger partial charge < -0.3 is 14.4 Å². The minimum atomic E-state index is -2.28. The van der Waals surface area contributed by atoms with Gasteiger partial charge in [-0.2, -0.15) is 5.01 Å². The van der Waals surface area contributed by atoms with Gasteiger partial charge in [0.15, 0.2) is 0 Å². The number of nitrogens with zero attached hydrogens (tertiary/aromatic N) is 3. The molecule has 0 heterocycles. The third-order valence-electron chi connectivity index (χ3n) is 5.13. The number of ether oxygens (including phenoxy) is 2. The van der Waals surface area contributed by atoms with Crippen molar-refractivity contribution < 1.29 is 38.2 Å². The molecule has 12 nitrogen and oxygen atoms in total. The number of carbonyl (C=O) groups excluding carboxylic acids is 6. The third-order valence-corrected chi connectivity index (χ3v) is 5.38. The number of hydrogen-bond donors (Lipinski definition) is 1. The summed E-state index contributed by atoms with van der Waals surface area (Å²) in [5, 5.41) is 0.867. The minimum Gasteiger partial charge on any atom is -0.414 e. The van der Waals surface area contributed by atoms with E-state index in [1.165, 1.54) is 50.4 Å². The Morgan fingerprint density at radius 1 is 0.850 bits per heavy atom. The van der Waals surface area contributed by atoms with Crippen molar-refractivity contribution >= 4 is 47.3 Å². The van der Waals surface area contributed by atoms with Crippen molar-refractivity contribution in [3.8, 4) is 0 Å². The molecule has 13 heteroatoms. The molecule has 0 saturated carbocycles. The highest BCUT2D eigenvalue weighted by Gasteiger charge is 2.37. The Morgan fingerprint density at radius 2 is 1.40 bits per heavy atom. The van der Waals surface area contributed by atoms with Gasteiger partial charge in [-0.25, -0.2) is 10.2 Å². The van der Waals surface area contributed by atoms with E-state index in [0.717, 1.165) is 11.9 Å². The molecule has 40 heavy (non-hydrogen) atoms. The van der Waals surface area contributed by atoms with E-state index in [4.69, 9.17) is 21.1 Å². The Labute approximate surface area is 236 Å². The van der Waals surface area contributed by atoms with Crippen LogP contribution in [0.5, 0.6) is 0 Å². The van der Waals surface area contributed by atoms with Gasteiger partial charge in [0.2, 0.25) is 5.91 Å². The predicted molar refractivity (Wildman–Crippen MR) is 144 cm³/mol. The van der Waals surface area contributed by atoms with Crippen LogP contribution in [0.2, 0.25) is 5.02 Å². The number of halogens is 1. The number of nitrogens with one attached hydrogen (secondary N) is 1. The first-order valence-electron chi connectivity index (χ1n) is 12.0. The fraction of sp³-hybridized carbons (Fsp3) is 0.333. The molecule has 2 aromatic rings. The number of benzene rings is 2. The maximum Gasteiger partial charge on any atom is 0.435 e. The fourth-order valence-corrected chi connectivity index (χ4v) is 3.13. The number of carbonyl (C=O) groups is 6. The molecule has 1 unspecified atom stereocenters. The lowest BCUT2D eigenvalue weighted by molar-refractivity contribution is -0.182. The van der Waals surface area contributed by atoms with Gasteiger partial charge in [-0.1, -0.05) is 29.8 Å². The highest BCUT2D eigenvalue weighted by Crippen LogP contribution is 2.15. The average Bonchev–Trinajstić information content (AvgIpc) is 2.89. The second kappa shape index (κ2) is 13.7. The van der Waals surface area contributed by atoms with Crippen LogP contribution in [0.3, 0.4) is 0 Å². The lowest BCUT2D eigenvalue weighted by Crippen LogP contribution is -2.56. The summed E-state index contributed by atoms with van der Waals surface area (Å²) < 4.78 is 10.3. The molecule has 0 aliphatic carbocycles. The number of rotatable bonds is 8. The standard InChI is InChI=1S/C27H31ClN4O8/c1-17(33)30(5)16-21(34)39-25(24(37)31(6)22(35)18-10-8-7-9-11-18)40-26(38)32(29-27(2,3)4)23(36)19-12-14-20(28)15-13-19/h7-15,25,29H,16H2,1-6H3. The van der Waals surface area contributed by atoms with E-state index in [1.54, 1.807) is 39.0 Å². The molecule has 0 radical (unpaired) electrons. The van der Waals surface area contributed by atoms with E-state index < -0.39 is 54.1 Å². The molecule has 0 aliphatic rings. The van der Waals surface area contributed by atoms with E-state index in [9.17, 15) is 28.8 Å². The Hall–Kier alpha value is -4.29. The SMILES string of the molecule is CC(=O)N(C)CC(=O)OC(OC(=O)N(NC(C)(C)C)C(=O)c1ccc(Cl)cc1)C(=O)N(C)C(=O)c1ccccc1. The highest BCUT2D eigenvalue weighted by molar-refractivity contribution is 6.30. The van der Waals surface area contributed by atoms with Crippen LogP contribution in [0.25, 0.3) is 0 Å². The lowest BCUT2D eigenvalue weighted by atomic mass is 10.1. The summed E-state index contributed by atoms with van der Waals surface area (Å²) >= 11 is 5.90. The predicted octanol–water partition coefficient (Wildman–Crippen LogP) is 2.87. The third kappa shape index (κ3) is 9.17. The maximum atomic E-state index is 13.3. The topological polar surface area (TPSA) is 143 Å². The molecule has 0 fully saturated rings. The van der Waals surface area contributed by atoms with Crippen LogP contribution in [0.15, 0.2) is 54.6 Å². The summed E-state index contributed by atoms with van der Waals surface area (Å²) in [5.74, 6) is -4.42. The Balaban J connectivity index is 2.39. The molecule has 2 aromatic carbocycles. The zero-order valence-corrected chi connectivity index (χ0v) is 23.7. The summed E-state index contributed by atoms with van der Waals surface area (Å²) in [4.78, 5) is 78.3. The quantitative estimate of drug-likeness (QED) is 0.286. The number of amides is 5. The summed E-state index contributed by atoms with van der Waals surface area (Å²) in [6, 6.07) is 13.4. The summed E-state index contributed by atoms with van der Waals surface area (Å²) in [6.45, 7) is 5.61. The van der Waals surface area contributed by atoms with Crippen molar-refractivity contribution in [2.75, 3.05) is 20.6 Å². The number of hydrogen-bond acceptors (Lipinski definition) is 9. The van der Waals surface area contributed by atoms with Crippen molar-refractivity contribution in [1.29, 1.82) is 0 Å². The molecule has 0 aliphatic heterocycles. The zero-order valence-electron chi connectivity index (χ0n) is 23.0. The average molecular weight is 575 g/mol. The number of imide groups is 2. The van der Waals surface area contributed by atoms with Gasteiger partial charge in [-0.15, -0.1) is 0 Å². The van der Waals surface area contributed by atoms with Crippen molar-refractivity contribution in [1.82, 2.24) is 20.2 Å². The molecule has 214 valence electrons. The van der Waals surface area contributed by atoms with E-state index in [2.05, 4.69) is 5.43 Å². The van der Waals surface area contributed by atoms with Crippen molar-refractivity contribution in [3.63, 3.8) is 0 Å². The van der Waals surface area contributed by atoms with Crippen molar-refractivity contribution in [2.45, 2.75) is 39.5 Å². The molecule has 5 amide bonds. The Bertz CT molecular complexity index is 1260. The van der Waals surface area contributed by atoms with Crippen LogP contribution < -0.4 is 5.43 Å². The van der Waals surface area contributed by atoms with Gasteiger partial charge in [0.1, 0.15) is 6.54 Å². The highest BCUT2D eigenvalue weighted by atomic mass is 35.5. The molecular weight excluding hydrogens is 544 g/mol. The lowest BCUT2D eigenvalue weighted by Gasteiger charge is -2.31. The largest absolute Gasteiger partial charge is 0.435 e. The molecule has 1 atom stereocenters. The zero-order chi connectivity index (χ0) is 30.2. The van der Waals surface area contributed by atoms with Gasteiger partial charge >= 0.3 is 24.3 Å². The summed E-state index contributed by atoms with van der Waals surface area (Å²) in [5.41, 5.74) is 2.03. The number of hydrazine groups is 1. The second-order valence-electron chi connectivity index (χ2n) is 9.66. The molecular formula is C27H31ClN4O8. The first kappa shape index (κ1) is 31.9. The number of likely N-dealkylation sites (N-methyl/N-ethyl adjacent to an activating group) is 2. The molecule has 1 N–H and O–H groups in total. The Morgan fingerprint density at radius 3 is 1.93 bits per heavy atom. The number of esters is 1. The molecule has 0 aromatic heterocycles. The monoisotopic (exact) mass is 574 g/mol. The first-order valence-corrected chi connectivity index (χ1v) is 12.3. The summed E-state index contributed by atoms with van der Waals surface area (Å²) in [7, 11) is 2.43. The molecule has 0 spiro atoms. The Kier molecular flexibility index (Phi) is 10.9. The smallest absolute Gasteiger partial charge is 0.414 e. The van der Waals surface area contributed by atoms with Gasteiger partial charge in [-0.3, -0.25) is 28.9 Å². The normalized spacial score (nSPS) is 11.6.